The van der Waals surface area contributed by atoms with Crippen LogP contribution in [-0.2, 0) is 38.0 Å². The Bertz CT molecular complexity index is 1570. The van der Waals surface area contributed by atoms with Gasteiger partial charge in [-0.25, -0.2) is 9.18 Å². The van der Waals surface area contributed by atoms with Gasteiger partial charge in [0.1, 0.15) is 12.4 Å². The molecule has 1 aromatic carbocycles. The average molecular weight is 808 g/mol. The number of anilines is 1. The highest BCUT2D eigenvalue weighted by Gasteiger charge is 2.62. The molecule has 1 amide bonds. The maximum atomic E-state index is 13.3. The molecule has 6 rings (SSSR count). The predicted molar refractivity (Wildman–Crippen MR) is 207 cm³/mol. The van der Waals surface area contributed by atoms with Gasteiger partial charge < -0.3 is 48.5 Å². The minimum Gasteiger partial charge on any atom is -0.481 e. The van der Waals surface area contributed by atoms with E-state index in [1.807, 2.05) is 20.8 Å². The number of halogens is 1. The van der Waals surface area contributed by atoms with Gasteiger partial charge >= 0.3 is 12.1 Å². The van der Waals surface area contributed by atoms with Crippen LogP contribution in [-0.4, -0.2) is 107 Å². The second-order valence-electron chi connectivity index (χ2n) is 18.3. The van der Waals surface area contributed by atoms with Gasteiger partial charge in [0.05, 0.1) is 59.8 Å². The van der Waals surface area contributed by atoms with Gasteiger partial charge in [-0.1, -0.05) is 41.5 Å². The van der Waals surface area contributed by atoms with E-state index in [0.717, 1.165) is 19.3 Å². The number of amides is 1. The second-order valence-corrected chi connectivity index (χ2v) is 18.3. The maximum absolute atomic E-state index is 13.3. The monoisotopic (exact) mass is 807 g/mol. The van der Waals surface area contributed by atoms with Crippen LogP contribution in [0.1, 0.15) is 107 Å². The number of methoxy groups -OCH3 is 1. The summed E-state index contributed by atoms with van der Waals surface area (Å²) in [6.45, 7) is 15.4. The van der Waals surface area contributed by atoms with Gasteiger partial charge in [-0.2, -0.15) is 0 Å². The molecule has 17 unspecified atom stereocenters. The van der Waals surface area contributed by atoms with Gasteiger partial charge in [-0.05, 0) is 88.5 Å². The molecule has 5 saturated heterocycles. The number of carbonyl (C=O) groups is 2. The number of benzene rings is 1. The van der Waals surface area contributed by atoms with Crippen molar-refractivity contribution >= 4 is 17.7 Å². The first-order chi connectivity index (χ1) is 26.8. The number of ether oxygens (including phenoxy) is 7. The van der Waals surface area contributed by atoms with Crippen molar-refractivity contribution in [1.82, 2.24) is 0 Å². The maximum Gasteiger partial charge on any atom is 0.411 e. The molecule has 4 N–H and O–H groups in total. The minimum absolute atomic E-state index is 0.0627. The van der Waals surface area contributed by atoms with Crippen LogP contribution in [0.25, 0.3) is 0 Å². The van der Waals surface area contributed by atoms with E-state index in [-0.39, 0.29) is 54.5 Å². The summed E-state index contributed by atoms with van der Waals surface area (Å²) in [7, 11) is 1.51. The molecule has 1 spiro atoms. The Morgan fingerprint density at radius 3 is 2.37 bits per heavy atom. The number of aliphatic carboxylic acids is 1. The van der Waals surface area contributed by atoms with Gasteiger partial charge in [0.2, 0.25) is 5.79 Å². The number of carboxylic acids is 1. The highest BCUT2D eigenvalue weighted by molar-refractivity contribution is 5.84. The lowest BCUT2D eigenvalue weighted by atomic mass is 9.78. The molecular weight excluding hydrogens is 741 g/mol. The van der Waals surface area contributed by atoms with Crippen molar-refractivity contribution < 1.29 is 62.5 Å². The highest BCUT2D eigenvalue weighted by Crippen LogP contribution is 2.55. The molecule has 57 heavy (non-hydrogen) atoms. The van der Waals surface area contributed by atoms with E-state index in [1.165, 1.54) is 31.4 Å². The van der Waals surface area contributed by atoms with E-state index in [4.69, 9.17) is 33.2 Å². The summed E-state index contributed by atoms with van der Waals surface area (Å²) >= 11 is 0. The predicted octanol–water partition coefficient (Wildman–Crippen LogP) is 6.67. The van der Waals surface area contributed by atoms with Crippen LogP contribution in [0.3, 0.4) is 0 Å². The van der Waals surface area contributed by atoms with E-state index < -0.39 is 71.0 Å². The molecule has 5 heterocycles. The summed E-state index contributed by atoms with van der Waals surface area (Å²) in [4.78, 5) is 24.5. The number of hydrogen-bond acceptors (Lipinski definition) is 11. The molecule has 17 atom stereocenters. The molecular formula is C43H66FNO12. The van der Waals surface area contributed by atoms with Crippen LogP contribution in [0, 0.1) is 41.3 Å². The Labute approximate surface area is 336 Å². The first-order valence-corrected chi connectivity index (χ1v) is 21.0. The van der Waals surface area contributed by atoms with E-state index in [9.17, 15) is 29.3 Å². The summed E-state index contributed by atoms with van der Waals surface area (Å²) in [5.74, 6) is -5.61. The molecule has 0 saturated carbocycles. The molecule has 0 aromatic heterocycles. The number of nitrogens with one attached hydrogen (secondary N) is 1. The smallest absolute Gasteiger partial charge is 0.411 e. The lowest BCUT2D eigenvalue weighted by Crippen LogP contribution is -2.57. The van der Waals surface area contributed by atoms with Crippen molar-refractivity contribution in [2.24, 2.45) is 35.5 Å². The van der Waals surface area contributed by atoms with Crippen molar-refractivity contribution in [2.45, 2.75) is 172 Å². The van der Waals surface area contributed by atoms with E-state index >= 15 is 0 Å². The van der Waals surface area contributed by atoms with Crippen molar-refractivity contribution in [2.75, 3.05) is 19.0 Å². The fourth-order valence-electron chi connectivity index (χ4n) is 10.8. The van der Waals surface area contributed by atoms with Crippen LogP contribution in [0.5, 0.6) is 0 Å². The van der Waals surface area contributed by atoms with Gasteiger partial charge in [-0.3, -0.25) is 10.1 Å². The second kappa shape index (κ2) is 16.9. The zero-order chi connectivity index (χ0) is 41.7. The van der Waals surface area contributed by atoms with Crippen LogP contribution in [0.4, 0.5) is 14.9 Å². The number of carboxylic acid groups (broad SMARTS) is 1. The molecule has 5 fully saturated rings. The fraction of sp³-hybridized carbons (Fsp3) is 0.814. The third kappa shape index (κ3) is 8.75. The summed E-state index contributed by atoms with van der Waals surface area (Å²) in [6.07, 6.45) is 1.27. The molecule has 5 aliphatic rings. The highest BCUT2D eigenvalue weighted by atomic mass is 19.1. The van der Waals surface area contributed by atoms with Crippen LogP contribution in [0.15, 0.2) is 24.3 Å². The van der Waals surface area contributed by atoms with E-state index in [2.05, 4.69) is 33.0 Å². The number of carbonyl (C=O) groups excluding carboxylic acids is 1. The van der Waals surface area contributed by atoms with E-state index in [0.29, 0.717) is 37.8 Å². The number of aliphatic hydroxyl groups excluding tert-OH is 1. The Morgan fingerprint density at radius 2 is 1.72 bits per heavy atom. The summed E-state index contributed by atoms with van der Waals surface area (Å²) in [5.41, 5.74) is -0.913. The zero-order valence-corrected chi connectivity index (χ0v) is 35.1. The van der Waals surface area contributed by atoms with Crippen LogP contribution < -0.4 is 5.32 Å². The molecule has 13 nitrogen and oxygen atoms in total. The number of aliphatic hydroxyl groups is 2. The molecule has 322 valence electrons. The third-order valence-electron chi connectivity index (χ3n) is 14.3. The van der Waals surface area contributed by atoms with Gasteiger partial charge in [-0.15, -0.1) is 0 Å². The summed E-state index contributed by atoms with van der Waals surface area (Å²) < 4.78 is 58.7. The van der Waals surface area contributed by atoms with Crippen LogP contribution in [0.2, 0.25) is 0 Å². The lowest BCUT2D eigenvalue weighted by molar-refractivity contribution is -0.336. The normalized spacial score (nSPS) is 43.8. The SMILES string of the molecule is CCC1(C2OC(C3OC(O)(COC(=O)Nc4ccc(F)cc4)C(C)CC3C)CC2C)CCC(C2(C)CCC3(CC(O)C(C)C(C(C)C(OC)C(C)C(=O)O)O3)O2)O1. The fourth-order valence-corrected chi connectivity index (χ4v) is 10.8. The Morgan fingerprint density at radius 1 is 1.02 bits per heavy atom. The Hall–Kier alpha value is -2.43. The lowest BCUT2D eigenvalue weighted by Gasteiger charge is -2.49. The van der Waals surface area contributed by atoms with E-state index in [1.54, 1.807) is 6.92 Å². The zero-order valence-electron chi connectivity index (χ0n) is 35.1. The largest absolute Gasteiger partial charge is 0.481 e. The molecule has 14 heteroatoms. The van der Waals surface area contributed by atoms with Crippen molar-refractivity contribution in [3.8, 4) is 0 Å². The minimum atomic E-state index is -1.73. The quantitative estimate of drug-likeness (QED) is 0.177. The molecule has 0 bridgehead atoms. The van der Waals surface area contributed by atoms with Gasteiger partial charge in [0.15, 0.2) is 5.79 Å². The van der Waals surface area contributed by atoms with Crippen molar-refractivity contribution in [3.05, 3.63) is 30.1 Å². The molecule has 1 aromatic rings. The van der Waals surface area contributed by atoms with Crippen molar-refractivity contribution in [3.63, 3.8) is 0 Å². The summed E-state index contributed by atoms with van der Waals surface area (Å²) in [6, 6.07) is 5.31. The average Bonchev–Trinajstić information content (AvgIpc) is 3.88. The first kappa shape index (κ1) is 44.1. The molecule has 0 aliphatic carbocycles. The molecule has 0 radical (unpaired) electrons. The summed E-state index contributed by atoms with van der Waals surface area (Å²) in [5, 5.41) is 35.3. The Kier molecular flexibility index (Phi) is 13.1. The number of rotatable bonds is 12. The third-order valence-corrected chi connectivity index (χ3v) is 14.3. The van der Waals surface area contributed by atoms with Crippen LogP contribution >= 0.6 is 0 Å². The Balaban J connectivity index is 1.10. The van der Waals surface area contributed by atoms with Crippen molar-refractivity contribution in [1.29, 1.82) is 0 Å². The van der Waals surface area contributed by atoms with Gasteiger partial charge in [0, 0.05) is 43.4 Å². The number of hydrogen-bond donors (Lipinski definition) is 4. The standard InChI is InChI=1S/C43H66FNO12/c1-10-41(16-15-33(54-41)40(8)17-18-42(57-40)21-31(46)26(5)36(55-42)27(6)35(51-9)28(7)38(47)48)37-24(3)20-32(53-37)34-23(2)19-25(4)43(50,56-34)22-52-39(49)45-30-13-11-29(44)12-14-30/h11-14,23-28,31-37,46,50H,10,15-22H2,1-9H3,(H,45,49)(H,47,48). The molecule has 5 aliphatic heterocycles. The van der Waals surface area contributed by atoms with Gasteiger partial charge in [0.25, 0.3) is 0 Å². The first-order valence-electron chi connectivity index (χ1n) is 21.0. The topological polar surface area (TPSA) is 171 Å².